The minimum Gasteiger partial charge on any atom is -0.396 e. The molecule has 0 amide bonds. The first kappa shape index (κ1) is 9.40. The summed E-state index contributed by atoms with van der Waals surface area (Å²) in [5, 5.41) is 17.2. The van der Waals surface area contributed by atoms with E-state index in [1.165, 1.54) is 0 Å². The number of anilines is 1. The Kier molecular flexibility index (Phi) is 2.63. The maximum Gasteiger partial charge on any atom is 0.151 e. The van der Waals surface area contributed by atoms with Gasteiger partial charge in [0.05, 0.1) is 5.69 Å². The molecule has 1 saturated heterocycles. The summed E-state index contributed by atoms with van der Waals surface area (Å²) in [5.74, 6) is 1.32. The molecule has 4 nitrogen and oxygen atoms in total. The van der Waals surface area contributed by atoms with Crippen LogP contribution < -0.4 is 4.90 Å². The summed E-state index contributed by atoms with van der Waals surface area (Å²) in [6.07, 6.45) is 1.05. The second-order valence-corrected chi connectivity index (χ2v) is 3.82. The number of rotatable bonds is 2. The fourth-order valence-corrected chi connectivity index (χ4v) is 1.75. The minimum absolute atomic E-state index is 0.274. The summed E-state index contributed by atoms with van der Waals surface area (Å²) in [4.78, 5) is 2.17. The van der Waals surface area contributed by atoms with E-state index in [9.17, 15) is 0 Å². The van der Waals surface area contributed by atoms with Gasteiger partial charge in [0.2, 0.25) is 0 Å². The Morgan fingerprint density at radius 1 is 1.50 bits per heavy atom. The summed E-state index contributed by atoms with van der Waals surface area (Å²) >= 11 is 0. The van der Waals surface area contributed by atoms with Crippen LogP contribution in [0.25, 0.3) is 0 Å². The number of nitrogens with zero attached hydrogens (tertiary/aromatic N) is 3. The highest BCUT2D eigenvalue weighted by atomic mass is 16.3. The Bertz CT molecular complexity index is 299. The number of aromatic nitrogens is 2. The van der Waals surface area contributed by atoms with Gasteiger partial charge in [0.1, 0.15) is 0 Å². The smallest absolute Gasteiger partial charge is 0.151 e. The van der Waals surface area contributed by atoms with Crippen LogP contribution in [-0.2, 0) is 0 Å². The first-order chi connectivity index (χ1) is 6.79. The molecule has 0 aliphatic carbocycles. The molecule has 1 aliphatic heterocycles. The van der Waals surface area contributed by atoms with Gasteiger partial charge in [-0.2, -0.15) is 5.10 Å². The van der Waals surface area contributed by atoms with E-state index in [4.69, 9.17) is 5.11 Å². The van der Waals surface area contributed by atoms with Gasteiger partial charge in [-0.3, -0.25) is 0 Å². The molecule has 0 bridgehead atoms. The first-order valence-electron chi connectivity index (χ1n) is 4.95. The van der Waals surface area contributed by atoms with Crippen LogP contribution >= 0.6 is 0 Å². The average molecular weight is 193 g/mol. The molecule has 0 radical (unpaired) electrons. The molecule has 76 valence electrons. The molecule has 1 N–H and O–H groups in total. The molecule has 0 spiro atoms. The summed E-state index contributed by atoms with van der Waals surface area (Å²) < 4.78 is 0. The normalized spacial score (nSPS) is 21.6. The Balaban J connectivity index is 2.06. The van der Waals surface area contributed by atoms with Crippen molar-refractivity contribution in [2.24, 2.45) is 5.92 Å². The van der Waals surface area contributed by atoms with Crippen LogP contribution in [0.5, 0.6) is 0 Å². The van der Waals surface area contributed by atoms with Crippen molar-refractivity contribution in [2.45, 2.75) is 13.3 Å². The van der Waals surface area contributed by atoms with E-state index in [1.54, 1.807) is 0 Å². The maximum absolute atomic E-state index is 9.01. The van der Waals surface area contributed by atoms with Crippen molar-refractivity contribution in [3.05, 3.63) is 17.8 Å². The number of aliphatic hydroxyl groups is 1. The van der Waals surface area contributed by atoms with Crippen molar-refractivity contribution in [2.75, 3.05) is 24.6 Å². The highest BCUT2D eigenvalue weighted by Crippen LogP contribution is 2.20. The molecule has 1 atom stereocenters. The lowest BCUT2D eigenvalue weighted by molar-refractivity contribution is 0.238. The van der Waals surface area contributed by atoms with E-state index in [0.29, 0.717) is 5.92 Å². The summed E-state index contributed by atoms with van der Waals surface area (Å²) in [6, 6.07) is 3.96. The predicted molar refractivity (Wildman–Crippen MR) is 54.2 cm³/mol. The maximum atomic E-state index is 9.01. The SMILES string of the molecule is Cc1ccc(N2CCC(CO)C2)nn1. The lowest BCUT2D eigenvalue weighted by Gasteiger charge is -2.15. The highest BCUT2D eigenvalue weighted by molar-refractivity contribution is 5.38. The first-order valence-corrected chi connectivity index (χ1v) is 4.95. The molecule has 14 heavy (non-hydrogen) atoms. The van der Waals surface area contributed by atoms with Crippen LogP contribution in [0.15, 0.2) is 12.1 Å². The van der Waals surface area contributed by atoms with Crippen molar-refractivity contribution >= 4 is 5.82 Å². The monoisotopic (exact) mass is 193 g/mol. The standard InChI is InChI=1S/C10H15N3O/c1-8-2-3-10(12-11-8)13-5-4-9(6-13)7-14/h2-3,9,14H,4-7H2,1H3. The third kappa shape index (κ3) is 1.85. The molecule has 1 aromatic rings. The third-order valence-corrected chi connectivity index (χ3v) is 2.65. The number of hydrogen-bond acceptors (Lipinski definition) is 4. The second kappa shape index (κ2) is 3.92. The fraction of sp³-hybridized carbons (Fsp3) is 0.600. The Morgan fingerprint density at radius 2 is 2.36 bits per heavy atom. The summed E-state index contributed by atoms with van der Waals surface area (Å²) in [6.45, 7) is 4.07. The zero-order chi connectivity index (χ0) is 9.97. The van der Waals surface area contributed by atoms with Gasteiger partial charge in [-0.05, 0) is 25.5 Å². The Labute approximate surface area is 83.6 Å². The van der Waals surface area contributed by atoms with Crippen molar-refractivity contribution in [1.82, 2.24) is 10.2 Å². The molecule has 1 aliphatic rings. The molecule has 4 heteroatoms. The second-order valence-electron chi connectivity index (χ2n) is 3.82. The summed E-state index contributed by atoms with van der Waals surface area (Å²) in [7, 11) is 0. The molecule has 2 heterocycles. The van der Waals surface area contributed by atoms with Crippen LogP contribution in [0.1, 0.15) is 12.1 Å². The fourth-order valence-electron chi connectivity index (χ4n) is 1.75. The summed E-state index contributed by atoms with van der Waals surface area (Å²) in [5.41, 5.74) is 0.937. The minimum atomic E-state index is 0.274. The molecule has 1 aromatic heterocycles. The number of aryl methyl sites for hydroxylation is 1. The van der Waals surface area contributed by atoms with Crippen molar-refractivity contribution in [3.8, 4) is 0 Å². The lowest BCUT2D eigenvalue weighted by atomic mass is 10.1. The molecule has 0 aromatic carbocycles. The van der Waals surface area contributed by atoms with Gasteiger partial charge in [0, 0.05) is 25.6 Å². The Hall–Kier alpha value is -1.16. The molecule has 1 unspecified atom stereocenters. The average Bonchev–Trinajstić information content (AvgIpc) is 2.67. The molecule has 0 saturated carbocycles. The van der Waals surface area contributed by atoms with Gasteiger partial charge in [-0.25, -0.2) is 0 Å². The topological polar surface area (TPSA) is 49.2 Å². The van der Waals surface area contributed by atoms with Crippen LogP contribution in [0.4, 0.5) is 5.82 Å². The van der Waals surface area contributed by atoms with E-state index in [0.717, 1.165) is 31.0 Å². The van der Waals surface area contributed by atoms with Crippen molar-refractivity contribution in [3.63, 3.8) is 0 Å². The Morgan fingerprint density at radius 3 is 2.93 bits per heavy atom. The lowest BCUT2D eigenvalue weighted by Crippen LogP contribution is -2.21. The van der Waals surface area contributed by atoms with E-state index in [-0.39, 0.29) is 6.61 Å². The largest absolute Gasteiger partial charge is 0.396 e. The van der Waals surface area contributed by atoms with Crippen LogP contribution in [0, 0.1) is 12.8 Å². The zero-order valence-corrected chi connectivity index (χ0v) is 8.35. The molecule has 2 rings (SSSR count). The van der Waals surface area contributed by atoms with Gasteiger partial charge in [-0.15, -0.1) is 5.10 Å². The number of hydrogen-bond donors (Lipinski definition) is 1. The van der Waals surface area contributed by atoms with Crippen molar-refractivity contribution in [1.29, 1.82) is 0 Å². The van der Waals surface area contributed by atoms with E-state index < -0.39 is 0 Å². The van der Waals surface area contributed by atoms with Gasteiger partial charge in [0.25, 0.3) is 0 Å². The van der Waals surface area contributed by atoms with E-state index in [2.05, 4.69) is 15.1 Å². The number of aliphatic hydroxyl groups excluding tert-OH is 1. The molecular formula is C10H15N3O. The van der Waals surface area contributed by atoms with Gasteiger partial charge in [-0.1, -0.05) is 0 Å². The molecular weight excluding hydrogens is 178 g/mol. The molecule has 1 fully saturated rings. The predicted octanol–water partition coefficient (Wildman–Crippen LogP) is 0.604. The van der Waals surface area contributed by atoms with Crippen LogP contribution in [0.3, 0.4) is 0 Å². The van der Waals surface area contributed by atoms with Crippen LogP contribution in [0.2, 0.25) is 0 Å². The van der Waals surface area contributed by atoms with E-state index >= 15 is 0 Å². The van der Waals surface area contributed by atoms with Crippen LogP contribution in [-0.4, -0.2) is 35.0 Å². The van der Waals surface area contributed by atoms with E-state index in [1.807, 2.05) is 19.1 Å². The zero-order valence-electron chi connectivity index (χ0n) is 8.35. The van der Waals surface area contributed by atoms with Gasteiger partial charge in [0.15, 0.2) is 5.82 Å². The quantitative estimate of drug-likeness (QED) is 0.747. The van der Waals surface area contributed by atoms with Crippen molar-refractivity contribution < 1.29 is 5.11 Å². The van der Waals surface area contributed by atoms with Gasteiger partial charge >= 0.3 is 0 Å². The highest BCUT2D eigenvalue weighted by Gasteiger charge is 2.22. The van der Waals surface area contributed by atoms with Gasteiger partial charge < -0.3 is 10.0 Å². The third-order valence-electron chi connectivity index (χ3n) is 2.65.